The van der Waals surface area contributed by atoms with Crippen LogP contribution in [0, 0.1) is 0 Å². The molecular weight excluding hydrogens is 540 g/mol. The van der Waals surface area contributed by atoms with E-state index >= 15 is 0 Å². The SMILES string of the molecule is C/C=C(\C=C/CC)n1c2ccccc2c2cc(-c3ccc4c(c3)nc3n(-c5ccccc5)c(=O)c5ccccc5n43)ccc21. The summed E-state index contributed by atoms with van der Waals surface area (Å²) in [6, 6.07) is 39.2. The summed E-state index contributed by atoms with van der Waals surface area (Å²) in [5.74, 6) is 0.601. The Morgan fingerprint density at radius 1 is 0.705 bits per heavy atom. The molecule has 0 radical (unpaired) electrons. The molecule has 0 amide bonds. The van der Waals surface area contributed by atoms with Crippen LogP contribution in [0.1, 0.15) is 20.3 Å². The van der Waals surface area contributed by atoms with Crippen molar-refractivity contribution in [1.29, 1.82) is 0 Å². The Balaban J connectivity index is 1.36. The van der Waals surface area contributed by atoms with Crippen LogP contribution in [0.25, 0.3) is 72.0 Å². The number of fused-ring (bicyclic) bond motifs is 8. The van der Waals surface area contributed by atoms with Crippen molar-refractivity contribution >= 4 is 55.2 Å². The van der Waals surface area contributed by atoms with Crippen LogP contribution in [0.15, 0.2) is 138 Å². The Morgan fingerprint density at radius 3 is 2.14 bits per heavy atom. The molecule has 0 aliphatic heterocycles. The predicted octanol–water partition coefficient (Wildman–Crippen LogP) is 9.39. The molecule has 0 saturated heterocycles. The zero-order valence-electron chi connectivity index (χ0n) is 24.6. The lowest BCUT2D eigenvalue weighted by atomic mass is 10.0. The molecule has 0 atom stereocenters. The number of hydrogen-bond acceptors (Lipinski definition) is 2. The van der Waals surface area contributed by atoms with Gasteiger partial charge in [-0.1, -0.05) is 79.7 Å². The van der Waals surface area contributed by atoms with Crippen LogP contribution in [0.3, 0.4) is 0 Å². The van der Waals surface area contributed by atoms with Gasteiger partial charge in [0.2, 0.25) is 5.78 Å². The van der Waals surface area contributed by atoms with Crippen molar-refractivity contribution in [3.8, 4) is 16.8 Å². The zero-order chi connectivity index (χ0) is 29.8. The summed E-state index contributed by atoms with van der Waals surface area (Å²) < 4.78 is 6.16. The molecule has 5 heteroatoms. The van der Waals surface area contributed by atoms with Crippen molar-refractivity contribution in [2.24, 2.45) is 0 Å². The first-order valence-corrected chi connectivity index (χ1v) is 15.1. The highest BCUT2D eigenvalue weighted by atomic mass is 16.1. The number of benzene rings is 5. The maximum atomic E-state index is 13.8. The van der Waals surface area contributed by atoms with E-state index < -0.39 is 0 Å². The second-order valence-electron chi connectivity index (χ2n) is 11.1. The molecule has 0 saturated carbocycles. The lowest BCUT2D eigenvalue weighted by Crippen LogP contribution is -2.21. The van der Waals surface area contributed by atoms with Crippen LogP contribution in [-0.2, 0) is 0 Å². The van der Waals surface area contributed by atoms with Crippen molar-refractivity contribution in [2.75, 3.05) is 0 Å². The first-order valence-electron chi connectivity index (χ1n) is 15.1. The third-order valence-corrected chi connectivity index (χ3v) is 8.51. The van der Waals surface area contributed by atoms with E-state index in [0.717, 1.165) is 45.5 Å². The first-order chi connectivity index (χ1) is 21.7. The van der Waals surface area contributed by atoms with Gasteiger partial charge in [0, 0.05) is 16.5 Å². The van der Waals surface area contributed by atoms with Crippen molar-refractivity contribution in [1.82, 2.24) is 18.5 Å². The Kier molecular flexibility index (Phi) is 6.05. The second-order valence-corrected chi connectivity index (χ2v) is 11.1. The maximum Gasteiger partial charge on any atom is 0.267 e. The third-order valence-electron chi connectivity index (χ3n) is 8.51. The van der Waals surface area contributed by atoms with Crippen LogP contribution in [0.5, 0.6) is 0 Å². The molecule has 3 heterocycles. The van der Waals surface area contributed by atoms with Crippen LogP contribution in [-0.4, -0.2) is 18.5 Å². The highest BCUT2D eigenvalue weighted by Gasteiger charge is 2.18. The topological polar surface area (TPSA) is 44.2 Å². The van der Waals surface area contributed by atoms with Gasteiger partial charge in [-0.15, -0.1) is 0 Å². The standard InChI is InChI=1S/C39H30N4O/c1-3-5-13-28(4-2)41-34-18-11-9-16-30(34)32-24-26(20-22-36(32)41)27-21-23-37-33(25-27)40-39-42(29-14-7-6-8-15-29)38(44)31-17-10-12-19-35(31)43(37)39/h4-25H,3H2,1-2H3/b13-5-,28-4+. The van der Waals surface area contributed by atoms with Gasteiger partial charge < -0.3 is 4.57 Å². The smallest absolute Gasteiger partial charge is 0.267 e. The fourth-order valence-corrected chi connectivity index (χ4v) is 6.47. The number of allylic oxidation sites excluding steroid dienone is 4. The lowest BCUT2D eigenvalue weighted by molar-refractivity contribution is 0.983. The summed E-state index contributed by atoms with van der Waals surface area (Å²) in [6.07, 6.45) is 7.56. The maximum absolute atomic E-state index is 13.8. The lowest BCUT2D eigenvalue weighted by Gasteiger charge is -2.11. The van der Waals surface area contributed by atoms with Gasteiger partial charge in [0.05, 0.1) is 38.7 Å². The fraction of sp³-hybridized carbons (Fsp3) is 0.0769. The largest absolute Gasteiger partial charge is 0.310 e. The molecule has 0 fully saturated rings. The van der Waals surface area contributed by atoms with Gasteiger partial charge in [-0.05, 0) is 85.1 Å². The molecule has 5 nitrogen and oxygen atoms in total. The summed E-state index contributed by atoms with van der Waals surface area (Å²) in [6.45, 7) is 4.25. The highest BCUT2D eigenvalue weighted by molar-refractivity contribution is 6.11. The summed E-state index contributed by atoms with van der Waals surface area (Å²) in [4.78, 5) is 18.8. The molecular formula is C39H30N4O. The molecule has 0 N–H and O–H groups in total. The van der Waals surface area contributed by atoms with E-state index in [-0.39, 0.29) is 5.56 Å². The van der Waals surface area contributed by atoms with Crippen LogP contribution < -0.4 is 5.56 Å². The number of para-hydroxylation sites is 3. The molecule has 5 aromatic carbocycles. The predicted molar refractivity (Wildman–Crippen MR) is 184 cm³/mol. The zero-order valence-corrected chi connectivity index (χ0v) is 24.6. The van der Waals surface area contributed by atoms with Crippen LogP contribution >= 0.6 is 0 Å². The normalized spacial score (nSPS) is 12.5. The Morgan fingerprint density at radius 2 is 1.36 bits per heavy atom. The number of imidazole rings is 1. The molecule has 212 valence electrons. The highest BCUT2D eigenvalue weighted by Crippen LogP contribution is 2.36. The van der Waals surface area contributed by atoms with Gasteiger partial charge >= 0.3 is 0 Å². The molecule has 0 aliphatic rings. The molecule has 0 spiro atoms. The summed E-state index contributed by atoms with van der Waals surface area (Å²) in [5.41, 5.74) is 9.09. The molecule has 3 aromatic heterocycles. The number of aromatic nitrogens is 4. The van der Waals surface area contributed by atoms with Gasteiger partial charge in [0.1, 0.15) is 0 Å². The van der Waals surface area contributed by atoms with Crippen molar-refractivity contribution in [3.05, 3.63) is 144 Å². The number of rotatable bonds is 5. The average molecular weight is 571 g/mol. The van der Waals surface area contributed by atoms with E-state index in [1.165, 1.54) is 21.8 Å². The fourth-order valence-electron chi connectivity index (χ4n) is 6.47. The van der Waals surface area contributed by atoms with Gasteiger partial charge in [-0.3, -0.25) is 9.20 Å². The van der Waals surface area contributed by atoms with E-state index in [0.29, 0.717) is 11.2 Å². The van der Waals surface area contributed by atoms with Crippen LogP contribution in [0.4, 0.5) is 0 Å². The Bertz CT molecular complexity index is 2510. The minimum Gasteiger partial charge on any atom is -0.310 e. The van der Waals surface area contributed by atoms with E-state index in [2.05, 4.69) is 102 Å². The summed E-state index contributed by atoms with van der Waals surface area (Å²) in [7, 11) is 0. The number of hydrogen-bond donors (Lipinski definition) is 0. The van der Waals surface area contributed by atoms with E-state index in [1.54, 1.807) is 4.57 Å². The Hall–Kier alpha value is -5.68. The van der Waals surface area contributed by atoms with E-state index in [9.17, 15) is 4.79 Å². The van der Waals surface area contributed by atoms with E-state index in [1.807, 2.05) is 54.6 Å². The van der Waals surface area contributed by atoms with Crippen molar-refractivity contribution in [3.63, 3.8) is 0 Å². The van der Waals surface area contributed by atoms with Gasteiger partial charge in [0.25, 0.3) is 5.56 Å². The quantitative estimate of drug-likeness (QED) is 0.194. The third kappa shape index (κ3) is 3.86. The van der Waals surface area contributed by atoms with Gasteiger partial charge in [0.15, 0.2) is 0 Å². The molecule has 8 rings (SSSR count). The van der Waals surface area contributed by atoms with Crippen LogP contribution in [0.2, 0.25) is 0 Å². The molecule has 44 heavy (non-hydrogen) atoms. The molecule has 0 aliphatic carbocycles. The first kappa shape index (κ1) is 26.0. The van der Waals surface area contributed by atoms with E-state index in [4.69, 9.17) is 4.98 Å². The van der Waals surface area contributed by atoms with Crippen molar-refractivity contribution < 1.29 is 0 Å². The summed E-state index contributed by atoms with van der Waals surface area (Å²) >= 11 is 0. The van der Waals surface area contributed by atoms with Gasteiger partial charge in [-0.2, -0.15) is 0 Å². The minimum atomic E-state index is -0.0778. The monoisotopic (exact) mass is 570 g/mol. The number of nitrogens with zero attached hydrogens (tertiary/aromatic N) is 4. The average Bonchev–Trinajstić information content (AvgIpc) is 3.61. The summed E-state index contributed by atoms with van der Waals surface area (Å²) in [5, 5.41) is 3.09. The van der Waals surface area contributed by atoms with Crippen molar-refractivity contribution in [2.45, 2.75) is 20.3 Å². The van der Waals surface area contributed by atoms with Gasteiger partial charge in [-0.25, -0.2) is 9.55 Å². The molecule has 0 bridgehead atoms. The minimum absolute atomic E-state index is 0.0778. The molecule has 8 aromatic rings. The molecule has 0 unspecified atom stereocenters. The Labute approximate surface area is 254 Å². The second kappa shape index (κ2) is 10.2.